The quantitative estimate of drug-likeness (QED) is 0.802. The molecule has 1 aromatic rings. The number of carbonyl (C=O) groups is 1. The minimum atomic E-state index is -0.108. The summed E-state index contributed by atoms with van der Waals surface area (Å²) in [6.07, 6.45) is 0.323. The van der Waals surface area contributed by atoms with Crippen molar-refractivity contribution in [2.75, 3.05) is 0 Å². The van der Waals surface area contributed by atoms with E-state index in [0.29, 0.717) is 6.42 Å². The number of Topliss-reactive ketones (excluding diaryl/α,β-unsaturated/α-hetero) is 1. The number of nitrogens with zero attached hydrogens (tertiary/aromatic N) is 1. The molecule has 1 aliphatic heterocycles. The average Bonchev–Trinajstić information content (AvgIpc) is 2.61. The van der Waals surface area contributed by atoms with Gasteiger partial charge in [-0.25, -0.2) is 0 Å². The van der Waals surface area contributed by atoms with Crippen LogP contribution in [-0.2, 0) is 9.63 Å². The molecule has 0 saturated heterocycles. The van der Waals surface area contributed by atoms with Crippen molar-refractivity contribution in [2.24, 2.45) is 11.1 Å². The lowest BCUT2D eigenvalue weighted by atomic mass is 9.91. The van der Waals surface area contributed by atoms with Crippen LogP contribution >= 0.6 is 0 Å². The van der Waals surface area contributed by atoms with Gasteiger partial charge in [0.05, 0.1) is 5.71 Å². The molecule has 0 bridgehead atoms. The Bertz CT molecular complexity index is 448. The molecule has 2 unspecified atom stereocenters. The number of hydrogen-bond acceptors (Lipinski definition) is 3. The fourth-order valence-electron chi connectivity index (χ4n) is 2.01. The Kier molecular flexibility index (Phi) is 3.27. The molecule has 0 amide bonds. The zero-order valence-corrected chi connectivity index (χ0v) is 10.4. The highest BCUT2D eigenvalue weighted by atomic mass is 16.6. The van der Waals surface area contributed by atoms with Crippen LogP contribution in [0.4, 0.5) is 0 Å². The van der Waals surface area contributed by atoms with Gasteiger partial charge >= 0.3 is 0 Å². The average molecular weight is 231 g/mol. The van der Waals surface area contributed by atoms with E-state index < -0.39 is 0 Å². The lowest BCUT2D eigenvalue weighted by Gasteiger charge is -2.12. The number of ketones is 1. The van der Waals surface area contributed by atoms with Crippen molar-refractivity contribution < 1.29 is 9.63 Å². The van der Waals surface area contributed by atoms with E-state index in [2.05, 4.69) is 31.1 Å². The summed E-state index contributed by atoms with van der Waals surface area (Å²) in [5, 5.41) is 4.12. The van der Waals surface area contributed by atoms with Gasteiger partial charge < -0.3 is 4.84 Å². The van der Waals surface area contributed by atoms with Crippen molar-refractivity contribution in [1.82, 2.24) is 0 Å². The maximum atomic E-state index is 11.1. The van der Waals surface area contributed by atoms with E-state index >= 15 is 0 Å². The Morgan fingerprint density at radius 1 is 1.35 bits per heavy atom. The van der Waals surface area contributed by atoms with E-state index in [1.807, 2.05) is 12.1 Å². The zero-order valence-electron chi connectivity index (χ0n) is 10.4. The maximum absolute atomic E-state index is 11.1. The molecule has 1 heterocycles. The number of aryl methyl sites for hydroxylation is 1. The van der Waals surface area contributed by atoms with Crippen LogP contribution in [-0.4, -0.2) is 17.6 Å². The summed E-state index contributed by atoms with van der Waals surface area (Å²) < 4.78 is 0. The summed E-state index contributed by atoms with van der Waals surface area (Å²) in [6.45, 7) is 5.69. The Balaban J connectivity index is 2.14. The molecule has 0 spiro atoms. The van der Waals surface area contributed by atoms with Crippen molar-refractivity contribution in [3.05, 3.63) is 35.4 Å². The summed E-state index contributed by atoms with van der Waals surface area (Å²) in [6, 6.07) is 8.21. The number of oxime groups is 1. The normalized spacial score (nSPS) is 23.1. The van der Waals surface area contributed by atoms with Gasteiger partial charge in [0.25, 0.3) is 0 Å². The minimum Gasteiger partial charge on any atom is -0.391 e. The molecule has 1 aromatic carbocycles. The maximum Gasteiger partial charge on any atom is 0.142 e. The molecule has 1 aliphatic rings. The van der Waals surface area contributed by atoms with Gasteiger partial charge in [0.1, 0.15) is 11.9 Å². The Morgan fingerprint density at radius 2 is 2.00 bits per heavy atom. The van der Waals surface area contributed by atoms with Crippen molar-refractivity contribution in [1.29, 1.82) is 0 Å². The highest BCUT2D eigenvalue weighted by molar-refractivity contribution is 6.03. The van der Waals surface area contributed by atoms with Crippen LogP contribution in [0, 0.1) is 12.8 Å². The molecule has 0 radical (unpaired) electrons. The van der Waals surface area contributed by atoms with Gasteiger partial charge in [-0.05, 0) is 19.4 Å². The van der Waals surface area contributed by atoms with Crippen molar-refractivity contribution >= 4 is 11.5 Å². The smallest absolute Gasteiger partial charge is 0.142 e. The Labute approximate surface area is 101 Å². The lowest BCUT2D eigenvalue weighted by molar-refractivity contribution is -0.119. The molecule has 0 fully saturated rings. The fraction of sp³-hybridized carbons (Fsp3) is 0.429. The fourth-order valence-corrected chi connectivity index (χ4v) is 2.01. The van der Waals surface area contributed by atoms with Crippen LogP contribution in [0.2, 0.25) is 0 Å². The van der Waals surface area contributed by atoms with Gasteiger partial charge in [0.2, 0.25) is 0 Å². The van der Waals surface area contributed by atoms with Gasteiger partial charge in [0.15, 0.2) is 0 Å². The third kappa shape index (κ3) is 2.54. The molecule has 0 aliphatic carbocycles. The molecule has 3 heteroatoms. The van der Waals surface area contributed by atoms with Crippen LogP contribution in [0.25, 0.3) is 0 Å². The highest BCUT2D eigenvalue weighted by Gasteiger charge is 2.31. The van der Waals surface area contributed by atoms with E-state index in [1.165, 1.54) is 5.56 Å². The monoisotopic (exact) mass is 231 g/mol. The predicted octanol–water partition coefficient (Wildman–Crippen LogP) is 2.71. The molecule has 0 N–H and O–H groups in total. The largest absolute Gasteiger partial charge is 0.391 e. The highest BCUT2D eigenvalue weighted by Crippen LogP contribution is 2.25. The molecule has 90 valence electrons. The molecule has 2 atom stereocenters. The van der Waals surface area contributed by atoms with Crippen LogP contribution in [0.5, 0.6) is 0 Å². The third-order valence-corrected chi connectivity index (χ3v) is 3.11. The van der Waals surface area contributed by atoms with Gasteiger partial charge in [-0.3, -0.25) is 4.79 Å². The van der Waals surface area contributed by atoms with Gasteiger partial charge in [-0.2, -0.15) is 0 Å². The molecular formula is C14H17NO2. The summed E-state index contributed by atoms with van der Waals surface area (Å²) in [4.78, 5) is 16.4. The Morgan fingerprint density at radius 3 is 2.59 bits per heavy atom. The van der Waals surface area contributed by atoms with E-state index in [9.17, 15) is 4.79 Å². The minimum absolute atomic E-state index is 0.108. The standard InChI is InChI=1S/C14H17NO2/c1-9-4-6-12(7-5-9)14-11(3)13(17-15-14)8-10(2)16/h4-7,11,13H,8H2,1-3H3. The molecule has 17 heavy (non-hydrogen) atoms. The van der Waals surface area contributed by atoms with Crippen molar-refractivity contribution in [3.8, 4) is 0 Å². The summed E-state index contributed by atoms with van der Waals surface area (Å²) in [5.41, 5.74) is 3.24. The van der Waals surface area contributed by atoms with E-state index in [1.54, 1.807) is 6.92 Å². The second kappa shape index (κ2) is 4.70. The van der Waals surface area contributed by atoms with Crippen LogP contribution in [0.3, 0.4) is 0 Å². The van der Waals surface area contributed by atoms with Crippen molar-refractivity contribution in [2.45, 2.75) is 33.3 Å². The first-order valence-electron chi connectivity index (χ1n) is 5.88. The molecule has 0 aromatic heterocycles. The van der Waals surface area contributed by atoms with Gasteiger partial charge in [-0.1, -0.05) is 41.9 Å². The summed E-state index contributed by atoms with van der Waals surface area (Å²) in [5.74, 6) is 0.309. The molecule has 3 nitrogen and oxygen atoms in total. The van der Waals surface area contributed by atoms with Gasteiger partial charge in [-0.15, -0.1) is 0 Å². The van der Waals surface area contributed by atoms with Crippen LogP contribution in [0.15, 0.2) is 29.4 Å². The Hall–Kier alpha value is -1.64. The number of rotatable bonds is 3. The second-order valence-electron chi connectivity index (χ2n) is 4.68. The van der Waals surface area contributed by atoms with E-state index in [-0.39, 0.29) is 17.8 Å². The van der Waals surface area contributed by atoms with E-state index in [0.717, 1.165) is 11.3 Å². The number of benzene rings is 1. The van der Waals surface area contributed by atoms with Crippen LogP contribution < -0.4 is 0 Å². The first-order chi connectivity index (χ1) is 8.08. The number of hydrogen-bond donors (Lipinski definition) is 0. The second-order valence-corrected chi connectivity index (χ2v) is 4.68. The predicted molar refractivity (Wildman–Crippen MR) is 67.1 cm³/mol. The molecule has 0 saturated carbocycles. The zero-order chi connectivity index (χ0) is 12.4. The lowest BCUT2D eigenvalue weighted by Crippen LogP contribution is -2.23. The molecular weight excluding hydrogens is 214 g/mol. The first-order valence-corrected chi connectivity index (χ1v) is 5.88. The third-order valence-electron chi connectivity index (χ3n) is 3.11. The summed E-state index contributed by atoms with van der Waals surface area (Å²) in [7, 11) is 0. The van der Waals surface area contributed by atoms with E-state index in [4.69, 9.17) is 4.84 Å². The molecule has 2 rings (SSSR count). The van der Waals surface area contributed by atoms with Crippen molar-refractivity contribution in [3.63, 3.8) is 0 Å². The first kappa shape index (κ1) is 11.8. The van der Waals surface area contributed by atoms with Gasteiger partial charge in [0, 0.05) is 12.3 Å². The summed E-state index contributed by atoms with van der Waals surface area (Å²) >= 11 is 0. The SMILES string of the molecule is CC(=O)CC1ON=C(c2ccc(C)cc2)C1C. The topological polar surface area (TPSA) is 38.7 Å². The van der Waals surface area contributed by atoms with Crippen LogP contribution in [0.1, 0.15) is 31.4 Å². The number of carbonyl (C=O) groups excluding carboxylic acids is 1.